The van der Waals surface area contributed by atoms with Gasteiger partial charge in [0.15, 0.2) is 5.08 Å². The highest BCUT2D eigenvalue weighted by atomic mass is 79.9. The molecule has 0 amide bonds. The van der Waals surface area contributed by atoms with Crippen molar-refractivity contribution in [1.82, 2.24) is 9.91 Å². The van der Waals surface area contributed by atoms with Crippen LogP contribution in [-0.2, 0) is 0 Å². The minimum atomic E-state index is 0.272. The van der Waals surface area contributed by atoms with E-state index in [2.05, 4.69) is 44.8 Å². The van der Waals surface area contributed by atoms with Crippen molar-refractivity contribution in [3.05, 3.63) is 0 Å². The Labute approximate surface area is 95.3 Å². The van der Waals surface area contributed by atoms with Crippen molar-refractivity contribution >= 4 is 22.3 Å². The summed E-state index contributed by atoms with van der Waals surface area (Å²) in [7, 11) is 0. The van der Waals surface area contributed by atoms with Crippen molar-refractivity contribution in [2.24, 2.45) is 5.10 Å². The Morgan fingerprint density at radius 2 is 2.07 bits per heavy atom. The van der Waals surface area contributed by atoms with Crippen LogP contribution in [0.15, 0.2) is 5.10 Å². The average molecular weight is 262 g/mol. The molecule has 0 aromatic rings. The van der Waals surface area contributed by atoms with Crippen LogP contribution in [0.2, 0.25) is 0 Å². The van der Waals surface area contributed by atoms with Crippen molar-refractivity contribution in [3.63, 3.8) is 0 Å². The van der Waals surface area contributed by atoms with Gasteiger partial charge in [0.25, 0.3) is 0 Å². The number of hydrazone groups is 1. The second-order valence-corrected chi connectivity index (χ2v) is 4.41. The van der Waals surface area contributed by atoms with Gasteiger partial charge in [-0.1, -0.05) is 26.2 Å². The van der Waals surface area contributed by atoms with E-state index in [0.29, 0.717) is 0 Å². The zero-order chi connectivity index (χ0) is 10.4. The summed E-state index contributed by atoms with van der Waals surface area (Å²) in [6, 6.07) is 0. The standard InChI is InChI=1S/C10H20BrN3/c1-3-5-6-7-8-14-10(11)13(4-2)9-12-14/h9-10H,3-8H2,1-2H3. The topological polar surface area (TPSA) is 18.8 Å². The quantitative estimate of drug-likeness (QED) is 0.416. The lowest BCUT2D eigenvalue weighted by Gasteiger charge is -2.24. The highest BCUT2D eigenvalue weighted by molar-refractivity contribution is 9.09. The van der Waals surface area contributed by atoms with Crippen LogP contribution in [0.5, 0.6) is 0 Å². The Bertz CT molecular complexity index is 184. The molecule has 0 radical (unpaired) electrons. The first-order chi connectivity index (χ1) is 6.79. The van der Waals surface area contributed by atoms with Crippen molar-refractivity contribution in [1.29, 1.82) is 0 Å². The normalized spacial score (nSPS) is 20.9. The second-order valence-electron chi connectivity index (χ2n) is 3.60. The minimum Gasteiger partial charge on any atom is -0.331 e. The summed E-state index contributed by atoms with van der Waals surface area (Å²) in [6.45, 7) is 6.44. The first-order valence-electron chi connectivity index (χ1n) is 5.50. The van der Waals surface area contributed by atoms with Crippen LogP contribution in [-0.4, -0.2) is 34.4 Å². The van der Waals surface area contributed by atoms with Crippen molar-refractivity contribution < 1.29 is 0 Å². The number of alkyl halides is 1. The third kappa shape index (κ3) is 3.15. The molecule has 1 unspecified atom stereocenters. The highest BCUT2D eigenvalue weighted by Crippen LogP contribution is 2.18. The summed E-state index contributed by atoms with van der Waals surface area (Å²) >= 11 is 3.63. The van der Waals surface area contributed by atoms with E-state index in [1.54, 1.807) is 0 Å². The number of hydrogen-bond acceptors (Lipinski definition) is 3. The van der Waals surface area contributed by atoms with E-state index >= 15 is 0 Å². The predicted octanol–water partition coefficient (Wildman–Crippen LogP) is 2.83. The van der Waals surface area contributed by atoms with E-state index in [9.17, 15) is 0 Å². The molecule has 0 bridgehead atoms. The Hall–Kier alpha value is -0.250. The Kier molecular flexibility index (Phi) is 5.30. The molecule has 0 fully saturated rings. The zero-order valence-corrected chi connectivity index (χ0v) is 10.7. The largest absolute Gasteiger partial charge is 0.331 e. The molecule has 0 aromatic heterocycles. The summed E-state index contributed by atoms with van der Waals surface area (Å²) < 4.78 is 0. The van der Waals surface area contributed by atoms with Crippen LogP contribution in [0, 0.1) is 0 Å². The first kappa shape index (κ1) is 11.8. The van der Waals surface area contributed by atoms with Gasteiger partial charge in [-0.25, -0.2) is 0 Å². The van der Waals surface area contributed by atoms with Crippen LogP contribution < -0.4 is 0 Å². The van der Waals surface area contributed by atoms with Gasteiger partial charge in [-0.2, -0.15) is 5.10 Å². The number of rotatable bonds is 6. The molecule has 1 rings (SSSR count). The molecule has 1 heterocycles. The fourth-order valence-electron chi connectivity index (χ4n) is 1.51. The zero-order valence-electron chi connectivity index (χ0n) is 9.12. The lowest BCUT2D eigenvalue weighted by molar-refractivity contribution is 0.211. The van der Waals surface area contributed by atoms with Gasteiger partial charge in [0, 0.05) is 13.1 Å². The van der Waals surface area contributed by atoms with Gasteiger partial charge in [0.1, 0.15) is 6.34 Å². The van der Waals surface area contributed by atoms with Crippen LogP contribution >= 0.6 is 15.9 Å². The van der Waals surface area contributed by atoms with Crippen LogP contribution in [0.3, 0.4) is 0 Å². The molecule has 0 spiro atoms. The lowest BCUT2D eigenvalue weighted by Crippen LogP contribution is -2.34. The smallest absolute Gasteiger partial charge is 0.175 e. The van der Waals surface area contributed by atoms with Crippen molar-refractivity contribution in [3.8, 4) is 0 Å². The summed E-state index contributed by atoms with van der Waals surface area (Å²) in [5.74, 6) is 0. The SMILES string of the molecule is CCCCCCN1N=CN(CC)C1Br. The molecule has 0 aromatic carbocycles. The summed E-state index contributed by atoms with van der Waals surface area (Å²) in [6.07, 6.45) is 7.10. The lowest BCUT2D eigenvalue weighted by atomic mass is 10.2. The molecule has 0 aliphatic carbocycles. The van der Waals surface area contributed by atoms with Crippen molar-refractivity contribution in [2.75, 3.05) is 13.1 Å². The third-order valence-electron chi connectivity index (χ3n) is 2.47. The Morgan fingerprint density at radius 1 is 1.29 bits per heavy atom. The Morgan fingerprint density at radius 3 is 2.64 bits per heavy atom. The van der Waals surface area contributed by atoms with Gasteiger partial charge in [-0.05, 0) is 29.3 Å². The predicted molar refractivity (Wildman–Crippen MR) is 64.4 cm³/mol. The van der Waals surface area contributed by atoms with Gasteiger partial charge < -0.3 is 4.90 Å². The van der Waals surface area contributed by atoms with Gasteiger partial charge in [-0.3, -0.25) is 5.01 Å². The van der Waals surface area contributed by atoms with E-state index < -0.39 is 0 Å². The van der Waals surface area contributed by atoms with E-state index in [0.717, 1.165) is 13.1 Å². The van der Waals surface area contributed by atoms with Crippen molar-refractivity contribution in [2.45, 2.75) is 44.6 Å². The van der Waals surface area contributed by atoms with E-state index in [1.807, 2.05) is 6.34 Å². The van der Waals surface area contributed by atoms with Crippen LogP contribution in [0.25, 0.3) is 0 Å². The molecular weight excluding hydrogens is 242 g/mol. The summed E-state index contributed by atoms with van der Waals surface area (Å²) in [5.41, 5.74) is 0. The van der Waals surface area contributed by atoms with E-state index in [-0.39, 0.29) is 5.08 Å². The van der Waals surface area contributed by atoms with E-state index in [4.69, 9.17) is 0 Å². The second kappa shape index (κ2) is 6.27. The maximum absolute atomic E-state index is 4.35. The molecule has 82 valence electrons. The average Bonchev–Trinajstić information content (AvgIpc) is 2.55. The molecule has 1 aliphatic heterocycles. The molecular formula is C10H20BrN3. The third-order valence-corrected chi connectivity index (χ3v) is 3.47. The molecule has 0 saturated carbocycles. The van der Waals surface area contributed by atoms with Crippen LogP contribution in [0.4, 0.5) is 0 Å². The number of unbranched alkanes of at least 4 members (excludes halogenated alkanes) is 3. The monoisotopic (exact) mass is 261 g/mol. The molecule has 14 heavy (non-hydrogen) atoms. The molecule has 3 nitrogen and oxygen atoms in total. The van der Waals surface area contributed by atoms with Crippen LogP contribution in [0.1, 0.15) is 39.5 Å². The first-order valence-corrected chi connectivity index (χ1v) is 6.41. The molecule has 1 atom stereocenters. The molecule has 0 saturated heterocycles. The molecule has 4 heteroatoms. The summed E-state index contributed by atoms with van der Waals surface area (Å²) in [4.78, 5) is 2.18. The maximum Gasteiger partial charge on any atom is 0.175 e. The number of hydrogen-bond donors (Lipinski definition) is 0. The maximum atomic E-state index is 4.35. The number of halogens is 1. The van der Waals surface area contributed by atoms with E-state index in [1.165, 1.54) is 25.7 Å². The molecule has 0 N–H and O–H groups in total. The highest BCUT2D eigenvalue weighted by Gasteiger charge is 2.22. The summed E-state index contributed by atoms with van der Waals surface area (Å²) in [5, 5.41) is 6.74. The van der Waals surface area contributed by atoms with Gasteiger partial charge in [0.05, 0.1) is 0 Å². The van der Waals surface area contributed by atoms with Gasteiger partial charge >= 0.3 is 0 Å². The Balaban J connectivity index is 2.17. The fourth-order valence-corrected chi connectivity index (χ4v) is 2.22. The minimum absolute atomic E-state index is 0.272. The number of nitrogens with zero attached hydrogens (tertiary/aromatic N) is 3. The fraction of sp³-hybridized carbons (Fsp3) is 0.900. The van der Waals surface area contributed by atoms with Gasteiger partial charge in [0.2, 0.25) is 0 Å². The van der Waals surface area contributed by atoms with Gasteiger partial charge in [-0.15, -0.1) is 0 Å². The molecule has 1 aliphatic rings.